The predicted octanol–water partition coefficient (Wildman–Crippen LogP) is 1.79. The molecule has 3 heteroatoms. The molecule has 1 heterocycles. The van der Waals surface area contributed by atoms with E-state index in [1.54, 1.807) is 13.1 Å². The van der Waals surface area contributed by atoms with Gasteiger partial charge in [-0.1, -0.05) is 18.2 Å². The molecule has 0 aliphatic carbocycles. The third kappa shape index (κ3) is 1.92. The highest BCUT2D eigenvalue weighted by Crippen LogP contribution is 2.29. The van der Waals surface area contributed by atoms with Crippen LogP contribution in [0.3, 0.4) is 0 Å². The molecule has 1 aromatic carbocycles. The first-order valence-corrected chi connectivity index (χ1v) is 5.42. The highest BCUT2D eigenvalue weighted by atomic mass is 16.3. The third-order valence-electron chi connectivity index (χ3n) is 2.86. The normalized spacial score (nSPS) is 14.9. The smallest absolute Gasteiger partial charge is 0.0887 e. The highest BCUT2D eigenvalue weighted by molar-refractivity contribution is 5.82. The number of benzene rings is 1. The van der Waals surface area contributed by atoms with Crippen molar-refractivity contribution in [3.05, 3.63) is 42.1 Å². The zero-order valence-corrected chi connectivity index (χ0v) is 9.35. The van der Waals surface area contributed by atoms with Crippen LogP contribution in [0, 0.1) is 0 Å². The molecule has 0 fully saturated rings. The van der Waals surface area contributed by atoms with Gasteiger partial charge in [-0.05, 0) is 37.6 Å². The monoisotopic (exact) mass is 216 g/mol. The van der Waals surface area contributed by atoms with Crippen molar-refractivity contribution in [2.45, 2.75) is 18.9 Å². The van der Waals surface area contributed by atoms with Gasteiger partial charge in [0.15, 0.2) is 0 Å². The third-order valence-corrected chi connectivity index (χ3v) is 2.86. The average Bonchev–Trinajstić information content (AvgIpc) is 2.28. The average molecular weight is 216 g/mol. The van der Waals surface area contributed by atoms with E-state index in [0.29, 0.717) is 13.0 Å². The maximum absolute atomic E-state index is 10.4. The van der Waals surface area contributed by atoms with E-state index in [4.69, 9.17) is 5.73 Å². The number of nitrogens with two attached hydrogens (primary N) is 1. The van der Waals surface area contributed by atoms with E-state index in [1.165, 1.54) is 0 Å². The zero-order chi connectivity index (χ0) is 11.6. The summed E-state index contributed by atoms with van der Waals surface area (Å²) >= 11 is 0. The molecular formula is C13H16N2O. The molecule has 0 aliphatic heterocycles. The first-order chi connectivity index (χ1) is 7.65. The first-order valence-electron chi connectivity index (χ1n) is 5.42. The topological polar surface area (TPSA) is 59.1 Å². The van der Waals surface area contributed by atoms with Crippen LogP contribution >= 0.6 is 0 Å². The van der Waals surface area contributed by atoms with Crippen LogP contribution in [0.1, 0.15) is 18.9 Å². The zero-order valence-electron chi connectivity index (χ0n) is 9.35. The second-order valence-corrected chi connectivity index (χ2v) is 4.19. The Kier molecular flexibility index (Phi) is 2.90. The number of hydrogen-bond acceptors (Lipinski definition) is 3. The molecule has 84 valence electrons. The number of aliphatic hydroxyl groups is 1. The molecule has 0 saturated carbocycles. The number of aromatic nitrogens is 1. The minimum Gasteiger partial charge on any atom is -0.385 e. The van der Waals surface area contributed by atoms with Gasteiger partial charge in [0.05, 0.1) is 11.1 Å². The Morgan fingerprint density at radius 3 is 2.88 bits per heavy atom. The molecular weight excluding hydrogens is 200 g/mol. The summed E-state index contributed by atoms with van der Waals surface area (Å²) in [4.78, 5) is 4.27. The van der Waals surface area contributed by atoms with Crippen molar-refractivity contribution in [3.63, 3.8) is 0 Å². The van der Waals surface area contributed by atoms with Crippen molar-refractivity contribution in [2.75, 3.05) is 6.54 Å². The summed E-state index contributed by atoms with van der Waals surface area (Å²) in [5, 5.41) is 11.4. The lowest BCUT2D eigenvalue weighted by atomic mass is 9.89. The van der Waals surface area contributed by atoms with Crippen LogP contribution in [0.2, 0.25) is 0 Å². The van der Waals surface area contributed by atoms with Crippen molar-refractivity contribution < 1.29 is 5.11 Å². The summed E-state index contributed by atoms with van der Waals surface area (Å²) in [7, 11) is 0. The van der Waals surface area contributed by atoms with Crippen LogP contribution in [0.25, 0.3) is 10.9 Å². The predicted molar refractivity (Wildman–Crippen MR) is 65.0 cm³/mol. The fraction of sp³-hybridized carbons (Fsp3) is 0.308. The number of rotatable bonds is 3. The molecule has 2 aromatic rings. The molecule has 1 atom stereocenters. The Bertz CT molecular complexity index is 489. The summed E-state index contributed by atoms with van der Waals surface area (Å²) in [6.07, 6.45) is 2.30. The fourth-order valence-corrected chi connectivity index (χ4v) is 1.99. The van der Waals surface area contributed by atoms with Gasteiger partial charge in [0.25, 0.3) is 0 Å². The molecule has 0 bridgehead atoms. The lowest BCUT2D eigenvalue weighted by molar-refractivity contribution is 0.0519. The molecule has 16 heavy (non-hydrogen) atoms. The van der Waals surface area contributed by atoms with Gasteiger partial charge < -0.3 is 10.8 Å². The lowest BCUT2D eigenvalue weighted by Gasteiger charge is -2.24. The molecule has 0 spiro atoms. The molecule has 0 radical (unpaired) electrons. The van der Waals surface area contributed by atoms with Gasteiger partial charge in [-0.3, -0.25) is 4.98 Å². The van der Waals surface area contributed by atoms with Crippen LogP contribution in [0.4, 0.5) is 0 Å². The minimum absolute atomic E-state index is 0.462. The first kappa shape index (κ1) is 11.0. The molecule has 3 nitrogen and oxygen atoms in total. The SMILES string of the molecule is CC(O)(CCN)c1cccc2ncccc12. The Balaban J connectivity index is 2.60. The van der Waals surface area contributed by atoms with E-state index in [2.05, 4.69) is 4.98 Å². The molecule has 1 unspecified atom stereocenters. The van der Waals surface area contributed by atoms with E-state index in [0.717, 1.165) is 16.5 Å². The number of nitrogens with zero attached hydrogens (tertiary/aromatic N) is 1. The summed E-state index contributed by atoms with van der Waals surface area (Å²) < 4.78 is 0. The Morgan fingerprint density at radius 1 is 1.31 bits per heavy atom. The Morgan fingerprint density at radius 2 is 2.12 bits per heavy atom. The van der Waals surface area contributed by atoms with Gasteiger partial charge in [-0.25, -0.2) is 0 Å². The van der Waals surface area contributed by atoms with E-state index in [1.807, 2.05) is 30.3 Å². The van der Waals surface area contributed by atoms with E-state index in [9.17, 15) is 5.11 Å². The van der Waals surface area contributed by atoms with E-state index in [-0.39, 0.29) is 0 Å². The van der Waals surface area contributed by atoms with E-state index >= 15 is 0 Å². The molecule has 0 amide bonds. The molecule has 0 aliphatic rings. The van der Waals surface area contributed by atoms with Gasteiger partial charge in [-0.15, -0.1) is 0 Å². The molecule has 2 rings (SSSR count). The van der Waals surface area contributed by atoms with Gasteiger partial charge in [0, 0.05) is 11.6 Å². The van der Waals surface area contributed by atoms with Crippen molar-refractivity contribution in [2.24, 2.45) is 5.73 Å². The van der Waals surface area contributed by atoms with Crippen LogP contribution < -0.4 is 5.73 Å². The Labute approximate surface area is 94.9 Å². The number of fused-ring (bicyclic) bond motifs is 1. The molecule has 1 aromatic heterocycles. The van der Waals surface area contributed by atoms with Crippen molar-refractivity contribution in [1.29, 1.82) is 0 Å². The van der Waals surface area contributed by atoms with Crippen LogP contribution in [-0.4, -0.2) is 16.6 Å². The highest BCUT2D eigenvalue weighted by Gasteiger charge is 2.23. The largest absolute Gasteiger partial charge is 0.385 e. The van der Waals surface area contributed by atoms with Crippen LogP contribution in [0.5, 0.6) is 0 Å². The van der Waals surface area contributed by atoms with Gasteiger partial charge >= 0.3 is 0 Å². The standard InChI is InChI=1S/C13H16N2O/c1-13(16,7-8-14)11-5-2-6-12-10(11)4-3-9-15-12/h2-6,9,16H,7-8,14H2,1H3. The number of pyridine rings is 1. The maximum Gasteiger partial charge on any atom is 0.0887 e. The van der Waals surface area contributed by atoms with E-state index < -0.39 is 5.60 Å². The van der Waals surface area contributed by atoms with Crippen LogP contribution in [-0.2, 0) is 5.60 Å². The lowest BCUT2D eigenvalue weighted by Crippen LogP contribution is -2.25. The van der Waals surface area contributed by atoms with Crippen molar-refractivity contribution in [1.82, 2.24) is 4.98 Å². The fourth-order valence-electron chi connectivity index (χ4n) is 1.99. The quantitative estimate of drug-likeness (QED) is 0.822. The van der Waals surface area contributed by atoms with Gasteiger partial charge in [-0.2, -0.15) is 0 Å². The Hall–Kier alpha value is -1.45. The molecule has 3 N–H and O–H groups in total. The summed E-state index contributed by atoms with van der Waals surface area (Å²) in [6.45, 7) is 2.26. The summed E-state index contributed by atoms with van der Waals surface area (Å²) in [6, 6.07) is 9.64. The maximum atomic E-state index is 10.4. The summed E-state index contributed by atoms with van der Waals surface area (Å²) in [5.41, 5.74) is 6.42. The van der Waals surface area contributed by atoms with Gasteiger partial charge in [0.2, 0.25) is 0 Å². The second-order valence-electron chi connectivity index (χ2n) is 4.19. The summed E-state index contributed by atoms with van der Waals surface area (Å²) in [5.74, 6) is 0. The number of hydrogen-bond donors (Lipinski definition) is 2. The van der Waals surface area contributed by atoms with Crippen molar-refractivity contribution in [3.8, 4) is 0 Å². The van der Waals surface area contributed by atoms with Gasteiger partial charge in [0.1, 0.15) is 0 Å². The van der Waals surface area contributed by atoms with Crippen molar-refractivity contribution >= 4 is 10.9 Å². The van der Waals surface area contributed by atoms with Crippen LogP contribution in [0.15, 0.2) is 36.5 Å². The minimum atomic E-state index is -0.892. The molecule has 0 saturated heterocycles. The second kappa shape index (κ2) is 4.20.